The van der Waals surface area contributed by atoms with Gasteiger partial charge < -0.3 is 15.0 Å². The van der Waals surface area contributed by atoms with Crippen LogP contribution in [0.3, 0.4) is 0 Å². The van der Waals surface area contributed by atoms with E-state index in [2.05, 4.69) is 18.2 Å². The zero-order valence-electron chi connectivity index (χ0n) is 15.8. The first-order valence-electron chi connectivity index (χ1n) is 9.22. The van der Waals surface area contributed by atoms with Gasteiger partial charge in [-0.3, -0.25) is 0 Å². The standard InChI is InChI=1S/C23H21ClN2O2/c1-3-28-23(27)22-18-9-8-15(11-20(18)26(2)21(22)13-25)19-12-16(24)10-14-6-4-5-7-17(14)19/h4-12H,3,13,25H2,1-2H3. The number of ether oxygens (including phenoxy) is 1. The second kappa shape index (κ2) is 7.30. The average Bonchev–Trinajstić information content (AvgIpc) is 2.98. The van der Waals surface area contributed by atoms with Crippen molar-refractivity contribution in [2.45, 2.75) is 13.5 Å². The number of nitrogens with zero attached hydrogens (tertiary/aromatic N) is 1. The van der Waals surface area contributed by atoms with Crippen molar-refractivity contribution in [3.63, 3.8) is 0 Å². The summed E-state index contributed by atoms with van der Waals surface area (Å²) in [5.74, 6) is -0.338. The molecule has 4 aromatic rings. The Balaban J connectivity index is 1.97. The van der Waals surface area contributed by atoms with E-state index in [-0.39, 0.29) is 12.5 Å². The van der Waals surface area contributed by atoms with E-state index in [1.54, 1.807) is 6.92 Å². The summed E-state index contributed by atoms with van der Waals surface area (Å²) >= 11 is 6.37. The van der Waals surface area contributed by atoms with Crippen LogP contribution in [0.5, 0.6) is 0 Å². The molecule has 4 rings (SSSR count). The second-order valence-electron chi connectivity index (χ2n) is 6.71. The first kappa shape index (κ1) is 18.5. The molecule has 0 aliphatic carbocycles. The Morgan fingerprint density at radius 1 is 1.11 bits per heavy atom. The van der Waals surface area contributed by atoms with Crippen LogP contribution in [-0.2, 0) is 18.3 Å². The molecule has 1 aromatic heterocycles. The lowest BCUT2D eigenvalue weighted by Crippen LogP contribution is -2.12. The quantitative estimate of drug-likeness (QED) is 0.480. The lowest BCUT2D eigenvalue weighted by molar-refractivity contribution is 0.0527. The normalized spacial score (nSPS) is 11.3. The van der Waals surface area contributed by atoms with Crippen molar-refractivity contribution in [3.8, 4) is 11.1 Å². The number of carbonyl (C=O) groups is 1. The monoisotopic (exact) mass is 392 g/mol. The van der Waals surface area contributed by atoms with Gasteiger partial charge >= 0.3 is 5.97 Å². The average molecular weight is 393 g/mol. The Kier molecular flexibility index (Phi) is 4.84. The Bertz CT molecular complexity index is 1210. The van der Waals surface area contributed by atoms with Crippen molar-refractivity contribution in [3.05, 3.63) is 70.9 Å². The van der Waals surface area contributed by atoms with Crippen molar-refractivity contribution in [1.82, 2.24) is 4.57 Å². The van der Waals surface area contributed by atoms with Crippen LogP contribution in [0.25, 0.3) is 32.8 Å². The van der Waals surface area contributed by atoms with Gasteiger partial charge in [-0.2, -0.15) is 0 Å². The molecule has 0 aliphatic rings. The van der Waals surface area contributed by atoms with Crippen molar-refractivity contribution in [2.75, 3.05) is 6.61 Å². The molecule has 1 heterocycles. The number of carbonyl (C=O) groups excluding carboxylic acids is 1. The summed E-state index contributed by atoms with van der Waals surface area (Å²) in [6.45, 7) is 2.38. The number of esters is 1. The highest BCUT2D eigenvalue weighted by atomic mass is 35.5. The number of aryl methyl sites for hydroxylation is 1. The SMILES string of the molecule is CCOC(=O)c1c(CN)n(C)c2cc(-c3cc(Cl)cc4ccccc34)ccc12. The number of hydrogen-bond donors (Lipinski definition) is 1. The van der Waals surface area contributed by atoms with Crippen molar-refractivity contribution in [1.29, 1.82) is 0 Å². The van der Waals surface area contributed by atoms with Gasteiger partial charge in [-0.1, -0.05) is 48.0 Å². The van der Waals surface area contributed by atoms with Crippen LogP contribution in [0.2, 0.25) is 5.02 Å². The highest BCUT2D eigenvalue weighted by Gasteiger charge is 2.22. The van der Waals surface area contributed by atoms with Crippen LogP contribution in [-0.4, -0.2) is 17.1 Å². The number of benzene rings is 3. The summed E-state index contributed by atoms with van der Waals surface area (Å²) in [6, 6.07) is 18.2. The van der Waals surface area contributed by atoms with E-state index in [1.165, 1.54) is 0 Å². The maximum absolute atomic E-state index is 12.5. The van der Waals surface area contributed by atoms with Gasteiger partial charge in [0.2, 0.25) is 0 Å². The van der Waals surface area contributed by atoms with E-state index < -0.39 is 0 Å². The minimum absolute atomic E-state index is 0.259. The third-order valence-corrected chi connectivity index (χ3v) is 5.35. The molecule has 0 unspecified atom stereocenters. The Morgan fingerprint density at radius 2 is 1.89 bits per heavy atom. The van der Waals surface area contributed by atoms with Gasteiger partial charge in [0.1, 0.15) is 0 Å². The molecule has 0 aliphatic heterocycles. The number of fused-ring (bicyclic) bond motifs is 2. The molecule has 0 saturated carbocycles. The third-order valence-electron chi connectivity index (χ3n) is 5.13. The van der Waals surface area contributed by atoms with Crippen molar-refractivity contribution in [2.24, 2.45) is 12.8 Å². The predicted octanol–water partition coefficient (Wildman–Crippen LogP) is 5.29. The lowest BCUT2D eigenvalue weighted by Gasteiger charge is -2.09. The van der Waals surface area contributed by atoms with Crippen LogP contribution in [0.1, 0.15) is 23.0 Å². The highest BCUT2D eigenvalue weighted by molar-refractivity contribution is 6.32. The molecule has 4 nitrogen and oxygen atoms in total. The molecule has 0 amide bonds. The third kappa shape index (κ3) is 2.95. The topological polar surface area (TPSA) is 57.2 Å². The fraction of sp³-hybridized carbons (Fsp3) is 0.174. The molecule has 3 aromatic carbocycles. The van der Waals surface area contributed by atoms with Crippen LogP contribution < -0.4 is 5.73 Å². The zero-order chi connectivity index (χ0) is 19.8. The first-order valence-corrected chi connectivity index (χ1v) is 9.60. The molecular weight excluding hydrogens is 372 g/mol. The van der Waals surface area contributed by atoms with E-state index in [0.717, 1.165) is 38.5 Å². The predicted molar refractivity (Wildman–Crippen MR) is 115 cm³/mol. The van der Waals surface area contributed by atoms with Crippen molar-refractivity contribution < 1.29 is 9.53 Å². The van der Waals surface area contributed by atoms with Crippen molar-refractivity contribution >= 4 is 39.2 Å². The first-order chi connectivity index (χ1) is 13.5. The zero-order valence-corrected chi connectivity index (χ0v) is 16.6. The molecule has 5 heteroatoms. The molecule has 0 spiro atoms. The number of aromatic nitrogens is 1. The van der Waals surface area contributed by atoms with Gasteiger partial charge in [0.15, 0.2) is 0 Å². The number of hydrogen-bond acceptors (Lipinski definition) is 3. The highest BCUT2D eigenvalue weighted by Crippen LogP contribution is 2.35. The minimum atomic E-state index is -0.338. The van der Waals surface area contributed by atoms with E-state index in [0.29, 0.717) is 17.2 Å². The van der Waals surface area contributed by atoms with Crippen LogP contribution in [0, 0.1) is 0 Å². The maximum atomic E-state index is 12.5. The number of rotatable bonds is 4. The minimum Gasteiger partial charge on any atom is -0.462 e. The van der Waals surface area contributed by atoms with Gasteiger partial charge in [0.05, 0.1) is 12.2 Å². The van der Waals surface area contributed by atoms with Crippen LogP contribution >= 0.6 is 11.6 Å². The van der Waals surface area contributed by atoms with E-state index in [9.17, 15) is 4.79 Å². The van der Waals surface area contributed by atoms with Gasteiger partial charge in [-0.25, -0.2) is 4.79 Å². The Hall–Kier alpha value is -2.82. The molecule has 142 valence electrons. The van der Waals surface area contributed by atoms with Gasteiger partial charge in [-0.15, -0.1) is 0 Å². The van der Waals surface area contributed by atoms with Gasteiger partial charge in [0, 0.05) is 35.2 Å². The lowest BCUT2D eigenvalue weighted by atomic mass is 9.97. The molecule has 0 bridgehead atoms. The van der Waals surface area contributed by atoms with Gasteiger partial charge in [-0.05, 0) is 47.0 Å². The summed E-state index contributed by atoms with van der Waals surface area (Å²) < 4.78 is 7.22. The molecule has 28 heavy (non-hydrogen) atoms. The fourth-order valence-corrected chi connectivity index (χ4v) is 4.07. The molecule has 0 radical (unpaired) electrons. The van der Waals surface area contributed by atoms with E-state index >= 15 is 0 Å². The second-order valence-corrected chi connectivity index (χ2v) is 7.15. The summed E-state index contributed by atoms with van der Waals surface area (Å²) in [6.07, 6.45) is 0. The maximum Gasteiger partial charge on any atom is 0.340 e. The molecule has 2 N–H and O–H groups in total. The Labute approximate surface area is 168 Å². The summed E-state index contributed by atoms with van der Waals surface area (Å²) in [7, 11) is 1.92. The summed E-state index contributed by atoms with van der Waals surface area (Å²) in [5.41, 5.74) is 10.3. The smallest absolute Gasteiger partial charge is 0.340 e. The van der Waals surface area contributed by atoms with Gasteiger partial charge in [0.25, 0.3) is 0 Å². The largest absolute Gasteiger partial charge is 0.462 e. The van der Waals surface area contributed by atoms with E-state index in [4.69, 9.17) is 22.1 Å². The number of nitrogens with two attached hydrogens (primary N) is 1. The van der Waals surface area contributed by atoms with E-state index in [1.807, 2.05) is 48.0 Å². The fourth-order valence-electron chi connectivity index (χ4n) is 3.84. The molecule has 0 atom stereocenters. The Morgan fingerprint density at radius 3 is 2.64 bits per heavy atom. The van der Waals surface area contributed by atoms with Crippen LogP contribution in [0.4, 0.5) is 0 Å². The summed E-state index contributed by atoms with van der Waals surface area (Å²) in [5, 5.41) is 3.75. The molecule has 0 saturated heterocycles. The summed E-state index contributed by atoms with van der Waals surface area (Å²) in [4.78, 5) is 12.5. The number of halogens is 1. The molecule has 0 fully saturated rings. The van der Waals surface area contributed by atoms with Crippen LogP contribution in [0.15, 0.2) is 54.6 Å². The molecular formula is C23H21ClN2O2.